The standard InChI is InChI=1S/C15H27NO4S/c17-21(18,12-13-4-2-1-3-5-13)16-14-6-8-15(9-7-14)19-10-11-20-15/h13-14,16H,1-12H2. The van der Waals surface area contributed by atoms with Crippen LogP contribution in [0.15, 0.2) is 0 Å². The van der Waals surface area contributed by atoms with Crippen molar-refractivity contribution >= 4 is 10.0 Å². The van der Waals surface area contributed by atoms with Gasteiger partial charge in [0.25, 0.3) is 0 Å². The Balaban J connectivity index is 1.47. The maximum atomic E-state index is 12.3. The zero-order valence-electron chi connectivity index (χ0n) is 12.7. The Morgan fingerprint density at radius 2 is 1.57 bits per heavy atom. The average molecular weight is 317 g/mol. The van der Waals surface area contributed by atoms with E-state index in [1.807, 2.05) is 0 Å². The summed E-state index contributed by atoms with van der Waals surface area (Å²) in [6.07, 6.45) is 8.96. The minimum Gasteiger partial charge on any atom is -0.348 e. The van der Waals surface area contributed by atoms with E-state index in [1.54, 1.807) is 0 Å². The highest BCUT2D eigenvalue weighted by atomic mass is 32.2. The summed E-state index contributed by atoms with van der Waals surface area (Å²) >= 11 is 0. The molecule has 0 unspecified atom stereocenters. The molecule has 0 radical (unpaired) electrons. The number of nitrogens with one attached hydrogen (secondary N) is 1. The number of hydrogen-bond donors (Lipinski definition) is 1. The first-order valence-electron chi connectivity index (χ1n) is 8.35. The number of ether oxygens (including phenoxy) is 2. The van der Waals surface area contributed by atoms with Crippen molar-refractivity contribution in [1.29, 1.82) is 0 Å². The molecule has 3 rings (SSSR count). The van der Waals surface area contributed by atoms with Gasteiger partial charge in [-0.25, -0.2) is 13.1 Å². The van der Waals surface area contributed by atoms with Crippen molar-refractivity contribution in [2.45, 2.75) is 69.6 Å². The van der Waals surface area contributed by atoms with Crippen molar-refractivity contribution in [2.24, 2.45) is 5.92 Å². The number of rotatable bonds is 4. The van der Waals surface area contributed by atoms with E-state index in [9.17, 15) is 8.42 Å². The summed E-state index contributed by atoms with van der Waals surface area (Å²) in [5, 5.41) is 0. The van der Waals surface area contributed by atoms with Gasteiger partial charge >= 0.3 is 0 Å². The molecule has 0 bridgehead atoms. The molecule has 21 heavy (non-hydrogen) atoms. The van der Waals surface area contributed by atoms with Gasteiger partial charge in [-0.2, -0.15) is 0 Å². The Kier molecular flexibility index (Phi) is 4.88. The van der Waals surface area contributed by atoms with Gasteiger partial charge in [0.1, 0.15) is 0 Å². The van der Waals surface area contributed by atoms with Crippen LogP contribution < -0.4 is 4.72 Å². The Hall–Kier alpha value is -0.170. The summed E-state index contributed by atoms with van der Waals surface area (Å²) in [6.45, 7) is 1.33. The second-order valence-electron chi connectivity index (χ2n) is 6.79. The van der Waals surface area contributed by atoms with Crippen molar-refractivity contribution < 1.29 is 17.9 Å². The summed E-state index contributed by atoms with van der Waals surface area (Å²) in [4.78, 5) is 0. The lowest BCUT2D eigenvalue weighted by Crippen LogP contribution is -2.45. The van der Waals surface area contributed by atoms with Gasteiger partial charge in [0.05, 0.1) is 19.0 Å². The zero-order chi connectivity index (χ0) is 14.8. The molecule has 3 fully saturated rings. The van der Waals surface area contributed by atoms with Crippen molar-refractivity contribution in [3.8, 4) is 0 Å². The first kappa shape index (κ1) is 15.7. The minimum atomic E-state index is -3.15. The van der Waals surface area contributed by atoms with Crippen LogP contribution in [0, 0.1) is 5.92 Å². The third-order valence-corrected chi connectivity index (χ3v) is 6.69. The van der Waals surface area contributed by atoms with Gasteiger partial charge < -0.3 is 9.47 Å². The second kappa shape index (κ2) is 6.52. The summed E-state index contributed by atoms with van der Waals surface area (Å²) in [5.74, 6) is 0.250. The van der Waals surface area contributed by atoms with Crippen LogP contribution in [0.1, 0.15) is 57.8 Å². The average Bonchev–Trinajstić information content (AvgIpc) is 2.91. The molecule has 122 valence electrons. The molecule has 2 saturated carbocycles. The van der Waals surface area contributed by atoms with Gasteiger partial charge in [0, 0.05) is 18.9 Å². The third-order valence-electron chi connectivity index (χ3n) is 5.09. The fraction of sp³-hybridized carbons (Fsp3) is 1.00. The lowest BCUT2D eigenvalue weighted by molar-refractivity contribution is -0.178. The topological polar surface area (TPSA) is 64.6 Å². The van der Waals surface area contributed by atoms with E-state index in [1.165, 1.54) is 19.3 Å². The molecular formula is C15H27NO4S. The highest BCUT2D eigenvalue weighted by molar-refractivity contribution is 7.89. The Labute approximate surface area is 127 Å². The van der Waals surface area contributed by atoms with Crippen molar-refractivity contribution in [3.63, 3.8) is 0 Å². The summed E-state index contributed by atoms with van der Waals surface area (Å²) < 4.78 is 38.9. The quantitative estimate of drug-likeness (QED) is 0.863. The summed E-state index contributed by atoms with van der Waals surface area (Å²) in [5.41, 5.74) is 0. The van der Waals surface area contributed by atoms with E-state index in [4.69, 9.17) is 9.47 Å². The molecule has 5 nitrogen and oxygen atoms in total. The molecular weight excluding hydrogens is 290 g/mol. The van der Waals surface area contributed by atoms with Crippen molar-refractivity contribution in [1.82, 2.24) is 4.72 Å². The van der Waals surface area contributed by atoms with Gasteiger partial charge in [-0.3, -0.25) is 0 Å². The van der Waals surface area contributed by atoms with E-state index in [0.29, 0.717) is 24.9 Å². The van der Waals surface area contributed by atoms with Crippen LogP contribution in [0.3, 0.4) is 0 Å². The van der Waals surface area contributed by atoms with Crippen LogP contribution >= 0.6 is 0 Å². The highest BCUT2D eigenvalue weighted by Gasteiger charge is 2.41. The molecule has 1 aliphatic heterocycles. The van der Waals surface area contributed by atoms with Crippen molar-refractivity contribution in [2.75, 3.05) is 19.0 Å². The van der Waals surface area contributed by atoms with Crippen LogP contribution in [0.4, 0.5) is 0 Å². The molecule has 0 aromatic rings. The van der Waals surface area contributed by atoms with Crippen LogP contribution in [0.25, 0.3) is 0 Å². The number of sulfonamides is 1. The predicted octanol–water partition coefficient (Wildman–Crippen LogP) is 2.17. The van der Waals surface area contributed by atoms with E-state index in [0.717, 1.165) is 38.5 Å². The Bertz CT molecular complexity index is 429. The van der Waals surface area contributed by atoms with Gasteiger partial charge in [-0.1, -0.05) is 19.3 Å². The highest BCUT2D eigenvalue weighted by Crippen LogP contribution is 2.36. The van der Waals surface area contributed by atoms with Crippen LogP contribution in [-0.2, 0) is 19.5 Å². The molecule has 6 heteroatoms. The Morgan fingerprint density at radius 3 is 2.19 bits per heavy atom. The molecule has 0 amide bonds. The van der Waals surface area contributed by atoms with Crippen LogP contribution in [-0.4, -0.2) is 39.2 Å². The van der Waals surface area contributed by atoms with Crippen molar-refractivity contribution in [3.05, 3.63) is 0 Å². The van der Waals surface area contributed by atoms with Crippen LogP contribution in [0.2, 0.25) is 0 Å². The zero-order valence-corrected chi connectivity index (χ0v) is 13.5. The van der Waals surface area contributed by atoms with Gasteiger partial charge in [-0.15, -0.1) is 0 Å². The smallest absolute Gasteiger partial charge is 0.212 e. The molecule has 2 aliphatic carbocycles. The normalized spacial score (nSPS) is 28.2. The molecule has 3 aliphatic rings. The maximum absolute atomic E-state index is 12.3. The second-order valence-corrected chi connectivity index (χ2v) is 8.58. The monoisotopic (exact) mass is 317 g/mol. The van der Waals surface area contributed by atoms with E-state index in [2.05, 4.69) is 4.72 Å². The largest absolute Gasteiger partial charge is 0.348 e. The molecule has 0 atom stereocenters. The lowest BCUT2D eigenvalue weighted by Gasteiger charge is -2.35. The maximum Gasteiger partial charge on any atom is 0.212 e. The van der Waals surface area contributed by atoms with Gasteiger partial charge in [0.15, 0.2) is 5.79 Å². The molecule has 0 aromatic heterocycles. The lowest BCUT2D eigenvalue weighted by atomic mass is 9.91. The SMILES string of the molecule is O=S(=O)(CC1CCCCC1)NC1CCC2(CC1)OCCO2. The van der Waals surface area contributed by atoms with Gasteiger partial charge in [0.2, 0.25) is 10.0 Å². The molecule has 0 aromatic carbocycles. The molecule has 1 N–H and O–H groups in total. The fourth-order valence-electron chi connectivity index (χ4n) is 3.93. The van der Waals surface area contributed by atoms with E-state index >= 15 is 0 Å². The van der Waals surface area contributed by atoms with Gasteiger partial charge in [-0.05, 0) is 31.6 Å². The Morgan fingerprint density at radius 1 is 0.952 bits per heavy atom. The number of hydrogen-bond acceptors (Lipinski definition) is 4. The molecule has 1 spiro atoms. The van der Waals surface area contributed by atoms with Crippen LogP contribution in [0.5, 0.6) is 0 Å². The first-order chi connectivity index (χ1) is 10.1. The van der Waals surface area contributed by atoms with E-state index < -0.39 is 15.8 Å². The molecule has 1 heterocycles. The fourth-order valence-corrected chi connectivity index (χ4v) is 5.72. The minimum absolute atomic E-state index is 0.0528. The van der Waals surface area contributed by atoms with E-state index in [-0.39, 0.29) is 6.04 Å². The molecule has 1 saturated heterocycles. The third kappa shape index (κ3) is 4.18. The summed E-state index contributed by atoms with van der Waals surface area (Å²) in [6, 6.07) is 0.0528. The first-order valence-corrected chi connectivity index (χ1v) is 10.0. The predicted molar refractivity (Wildman–Crippen MR) is 80.4 cm³/mol. The summed E-state index contributed by atoms with van der Waals surface area (Å²) in [7, 11) is -3.15.